The largest absolute Gasteiger partial charge is 0.378 e. The molecule has 0 bridgehead atoms. The van der Waals surface area contributed by atoms with Gasteiger partial charge in [0, 0.05) is 6.42 Å². The number of piperidine rings is 1. The molecule has 5 heteroatoms. The Bertz CT molecular complexity index is 549. The summed E-state index contributed by atoms with van der Waals surface area (Å²) in [5.41, 5.74) is 1.55. The number of H-pyrrole nitrogens is 1. The minimum atomic E-state index is -0.242. The van der Waals surface area contributed by atoms with Gasteiger partial charge >= 0.3 is 0 Å². The van der Waals surface area contributed by atoms with Gasteiger partial charge in [0.2, 0.25) is 0 Å². The second-order valence-corrected chi connectivity index (χ2v) is 4.92. The van der Waals surface area contributed by atoms with Crippen LogP contribution in [0.5, 0.6) is 0 Å². The first-order valence-electron chi connectivity index (χ1n) is 6.78. The van der Waals surface area contributed by atoms with Crippen molar-refractivity contribution in [2.24, 2.45) is 0 Å². The Morgan fingerprint density at radius 3 is 3.00 bits per heavy atom. The molecule has 2 N–H and O–H groups in total. The average molecular weight is 263 g/mol. The van der Waals surface area contributed by atoms with Crippen molar-refractivity contribution in [2.75, 3.05) is 19.7 Å². The second kappa shape index (κ2) is 5.67. The summed E-state index contributed by atoms with van der Waals surface area (Å²) in [4.78, 5) is 7.55. The van der Waals surface area contributed by atoms with E-state index in [-0.39, 0.29) is 5.82 Å². The fourth-order valence-corrected chi connectivity index (χ4v) is 2.44. The predicted molar refractivity (Wildman–Crippen MR) is 71.6 cm³/mol. The van der Waals surface area contributed by atoms with Gasteiger partial charge in [0.1, 0.15) is 11.6 Å². The zero-order valence-corrected chi connectivity index (χ0v) is 10.8. The number of aromatic amines is 1. The molecular formula is C14H18FN3O. The van der Waals surface area contributed by atoms with Crippen molar-refractivity contribution < 1.29 is 9.13 Å². The summed E-state index contributed by atoms with van der Waals surface area (Å²) >= 11 is 0. The summed E-state index contributed by atoms with van der Waals surface area (Å²) < 4.78 is 18.9. The molecule has 0 radical (unpaired) electrons. The molecule has 1 aliphatic rings. The predicted octanol–water partition coefficient (Wildman–Crippen LogP) is 2.01. The summed E-state index contributed by atoms with van der Waals surface area (Å²) in [6.45, 7) is 2.73. The number of hydrogen-bond donors (Lipinski definition) is 2. The third-order valence-corrected chi connectivity index (χ3v) is 3.47. The van der Waals surface area contributed by atoms with Gasteiger partial charge in [-0.05, 0) is 44.1 Å². The Balaban J connectivity index is 1.56. The Hall–Kier alpha value is -1.46. The van der Waals surface area contributed by atoms with Crippen molar-refractivity contribution in [3.05, 3.63) is 29.8 Å². The highest BCUT2D eigenvalue weighted by Crippen LogP contribution is 2.14. The Morgan fingerprint density at radius 1 is 1.32 bits per heavy atom. The molecular weight excluding hydrogens is 245 g/mol. The lowest BCUT2D eigenvalue weighted by Crippen LogP contribution is -2.32. The molecule has 0 unspecified atom stereocenters. The molecule has 19 heavy (non-hydrogen) atoms. The number of hydrogen-bond acceptors (Lipinski definition) is 3. The molecule has 1 aromatic heterocycles. The highest BCUT2D eigenvalue weighted by atomic mass is 19.1. The highest BCUT2D eigenvalue weighted by molar-refractivity contribution is 5.74. The number of aromatic nitrogens is 2. The first kappa shape index (κ1) is 12.6. The van der Waals surface area contributed by atoms with E-state index in [9.17, 15) is 4.39 Å². The maximum absolute atomic E-state index is 13.1. The molecule has 0 amide bonds. The van der Waals surface area contributed by atoms with Crippen LogP contribution in [0.2, 0.25) is 0 Å². The molecule has 0 atom stereocenters. The third kappa shape index (κ3) is 3.11. The lowest BCUT2D eigenvalue weighted by Gasteiger charge is -2.22. The van der Waals surface area contributed by atoms with Crippen LogP contribution in [0.3, 0.4) is 0 Å². The molecule has 102 valence electrons. The van der Waals surface area contributed by atoms with Gasteiger partial charge < -0.3 is 15.0 Å². The van der Waals surface area contributed by atoms with Gasteiger partial charge in [0.05, 0.1) is 23.7 Å². The minimum absolute atomic E-state index is 0.242. The molecule has 0 aliphatic carbocycles. The maximum Gasteiger partial charge on any atom is 0.125 e. The van der Waals surface area contributed by atoms with E-state index in [1.807, 2.05) is 0 Å². The summed E-state index contributed by atoms with van der Waals surface area (Å²) in [7, 11) is 0. The summed E-state index contributed by atoms with van der Waals surface area (Å²) in [5.74, 6) is 0.614. The number of fused-ring (bicyclic) bond motifs is 1. The van der Waals surface area contributed by atoms with Gasteiger partial charge in [0.25, 0.3) is 0 Å². The van der Waals surface area contributed by atoms with E-state index in [0.29, 0.717) is 12.7 Å². The quantitative estimate of drug-likeness (QED) is 0.887. The van der Waals surface area contributed by atoms with Crippen LogP contribution in [-0.4, -0.2) is 35.8 Å². The van der Waals surface area contributed by atoms with Crippen LogP contribution in [0.15, 0.2) is 18.2 Å². The summed E-state index contributed by atoms with van der Waals surface area (Å²) in [6, 6.07) is 4.59. The molecule has 1 aliphatic heterocycles. The van der Waals surface area contributed by atoms with E-state index in [2.05, 4.69) is 15.3 Å². The Morgan fingerprint density at radius 2 is 2.16 bits per heavy atom. The van der Waals surface area contributed by atoms with Crippen LogP contribution in [0.4, 0.5) is 4.39 Å². The monoisotopic (exact) mass is 263 g/mol. The molecule has 0 saturated carbocycles. The van der Waals surface area contributed by atoms with E-state index in [0.717, 1.165) is 49.2 Å². The van der Waals surface area contributed by atoms with E-state index in [1.165, 1.54) is 12.1 Å². The van der Waals surface area contributed by atoms with Crippen molar-refractivity contribution in [1.29, 1.82) is 0 Å². The Labute approximate surface area is 111 Å². The number of benzene rings is 1. The fourth-order valence-electron chi connectivity index (χ4n) is 2.44. The summed E-state index contributed by atoms with van der Waals surface area (Å²) in [5, 5.41) is 3.31. The lowest BCUT2D eigenvalue weighted by molar-refractivity contribution is 0.0343. The zero-order valence-electron chi connectivity index (χ0n) is 10.8. The number of imidazole rings is 1. The van der Waals surface area contributed by atoms with Crippen LogP contribution in [0.1, 0.15) is 18.7 Å². The number of ether oxygens (including phenoxy) is 1. The Kier molecular flexibility index (Phi) is 3.75. The number of halogens is 1. The molecule has 1 fully saturated rings. The van der Waals surface area contributed by atoms with Gasteiger partial charge in [-0.3, -0.25) is 0 Å². The number of rotatable bonds is 4. The molecule has 3 rings (SSSR count). The van der Waals surface area contributed by atoms with Gasteiger partial charge in [-0.1, -0.05) is 0 Å². The normalized spacial score (nSPS) is 17.1. The molecule has 4 nitrogen and oxygen atoms in total. The first-order chi connectivity index (χ1) is 9.31. The molecule has 2 aromatic rings. The first-order valence-corrected chi connectivity index (χ1v) is 6.78. The van der Waals surface area contributed by atoms with Crippen LogP contribution in [-0.2, 0) is 11.2 Å². The molecule has 1 aromatic carbocycles. The fraction of sp³-hybridized carbons (Fsp3) is 0.500. The average Bonchev–Trinajstić information content (AvgIpc) is 2.82. The third-order valence-electron chi connectivity index (χ3n) is 3.47. The molecule has 2 heterocycles. The van der Waals surface area contributed by atoms with Crippen molar-refractivity contribution in [3.8, 4) is 0 Å². The zero-order chi connectivity index (χ0) is 13.1. The SMILES string of the molecule is Fc1ccc2nc(CCOC3CCNCC3)[nH]c2c1. The maximum atomic E-state index is 13.1. The van der Waals surface area contributed by atoms with E-state index >= 15 is 0 Å². The molecule has 1 saturated heterocycles. The van der Waals surface area contributed by atoms with Crippen LogP contribution in [0.25, 0.3) is 11.0 Å². The van der Waals surface area contributed by atoms with Crippen LogP contribution in [0, 0.1) is 5.82 Å². The number of nitrogens with zero attached hydrogens (tertiary/aromatic N) is 1. The minimum Gasteiger partial charge on any atom is -0.378 e. The van der Waals surface area contributed by atoms with Crippen molar-refractivity contribution in [1.82, 2.24) is 15.3 Å². The van der Waals surface area contributed by atoms with Crippen molar-refractivity contribution in [3.63, 3.8) is 0 Å². The summed E-state index contributed by atoms with van der Waals surface area (Å²) in [6.07, 6.45) is 3.25. The van der Waals surface area contributed by atoms with Gasteiger partial charge in [-0.2, -0.15) is 0 Å². The number of nitrogens with one attached hydrogen (secondary N) is 2. The topological polar surface area (TPSA) is 49.9 Å². The van der Waals surface area contributed by atoms with Crippen molar-refractivity contribution in [2.45, 2.75) is 25.4 Å². The standard InChI is InChI=1S/C14H18FN3O/c15-10-1-2-12-13(9-10)18-14(17-12)5-8-19-11-3-6-16-7-4-11/h1-2,9,11,16H,3-8H2,(H,17,18). The van der Waals surface area contributed by atoms with Gasteiger partial charge in [-0.15, -0.1) is 0 Å². The highest BCUT2D eigenvalue weighted by Gasteiger charge is 2.13. The van der Waals surface area contributed by atoms with Crippen LogP contribution < -0.4 is 5.32 Å². The van der Waals surface area contributed by atoms with Crippen LogP contribution >= 0.6 is 0 Å². The van der Waals surface area contributed by atoms with E-state index in [4.69, 9.17) is 4.74 Å². The van der Waals surface area contributed by atoms with Gasteiger partial charge in [0.15, 0.2) is 0 Å². The lowest BCUT2D eigenvalue weighted by atomic mass is 10.1. The second-order valence-electron chi connectivity index (χ2n) is 4.92. The van der Waals surface area contributed by atoms with Crippen molar-refractivity contribution >= 4 is 11.0 Å². The smallest absolute Gasteiger partial charge is 0.125 e. The van der Waals surface area contributed by atoms with E-state index < -0.39 is 0 Å². The van der Waals surface area contributed by atoms with E-state index in [1.54, 1.807) is 6.07 Å². The molecule has 0 spiro atoms. The van der Waals surface area contributed by atoms with Gasteiger partial charge in [-0.25, -0.2) is 9.37 Å².